The fourth-order valence-corrected chi connectivity index (χ4v) is 5.51. The second kappa shape index (κ2) is 12.2. The third-order valence-electron chi connectivity index (χ3n) is 5.67. The number of sulfonamides is 1. The summed E-state index contributed by atoms with van der Waals surface area (Å²) in [5.41, 5.74) is 0.183. The van der Waals surface area contributed by atoms with Crippen molar-refractivity contribution < 1.29 is 37.3 Å². The monoisotopic (exact) mass is 551 g/mol. The Labute approximate surface area is 223 Å². The summed E-state index contributed by atoms with van der Waals surface area (Å²) in [6.45, 7) is 9.01. The van der Waals surface area contributed by atoms with E-state index in [0.29, 0.717) is 30.7 Å². The van der Waals surface area contributed by atoms with E-state index in [9.17, 15) is 18.0 Å². The minimum Gasteiger partial charge on any atom is -0.486 e. The van der Waals surface area contributed by atoms with Gasteiger partial charge in [0.2, 0.25) is 0 Å². The summed E-state index contributed by atoms with van der Waals surface area (Å²) in [5.74, 6) is -0.192. The Hall–Kier alpha value is -3.12. The molecule has 0 bridgehead atoms. The lowest BCUT2D eigenvalue weighted by Gasteiger charge is -2.35. The second-order valence-electron chi connectivity index (χ2n) is 10.2. The molecule has 1 atom stereocenters. The maximum absolute atomic E-state index is 14.1. The fraction of sp³-hybridized carbons (Fsp3) is 0.577. The lowest BCUT2D eigenvalue weighted by Crippen LogP contribution is -2.43. The molecule has 3 rings (SSSR count). The van der Waals surface area contributed by atoms with Gasteiger partial charge >= 0.3 is 5.97 Å². The molecule has 0 saturated heterocycles. The van der Waals surface area contributed by atoms with Crippen molar-refractivity contribution in [3.05, 3.63) is 30.0 Å². The van der Waals surface area contributed by atoms with Crippen LogP contribution in [0.3, 0.4) is 0 Å². The predicted octanol–water partition coefficient (Wildman–Crippen LogP) is 2.87. The van der Waals surface area contributed by atoms with Gasteiger partial charge in [0, 0.05) is 32.2 Å². The third-order valence-corrected chi connectivity index (χ3v) is 7.43. The third kappa shape index (κ3) is 7.47. The number of hydrogen-bond donors (Lipinski definition) is 1. The Morgan fingerprint density at radius 3 is 2.63 bits per heavy atom. The standard InChI is InChI=1S/C26H37N3O8S/c1-6-28-17-23(25(27-28)35-13-7-12-30)38(33,34)29-16-20(10-8-18(2)31)36-22-11-9-19(14-21(22)29)15-24(32)37-26(3,4)5/h9,11,14,17,20,30H,6-8,10,12-13,15-16H2,1-5H3/t20-/m0/s1. The topological polar surface area (TPSA) is 137 Å². The molecule has 0 unspecified atom stereocenters. The molecule has 1 N–H and O–H groups in total. The molecule has 0 radical (unpaired) electrons. The highest BCUT2D eigenvalue weighted by Crippen LogP contribution is 2.40. The van der Waals surface area contributed by atoms with Gasteiger partial charge in [-0.3, -0.25) is 13.8 Å². The number of anilines is 1. The van der Waals surface area contributed by atoms with Crippen LogP contribution in [0.1, 0.15) is 59.4 Å². The molecule has 38 heavy (non-hydrogen) atoms. The van der Waals surface area contributed by atoms with E-state index in [-0.39, 0.29) is 54.8 Å². The van der Waals surface area contributed by atoms with Crippen LogP contribution in [0, 0.1) is 0 Å². The second-order valence-corrected chi connectivity index (χ2v) is 12.0. The molecule has 11 nitrogen and oxygen atoms in total. The van der Waals surface area contributed by atoms with Gasteiger partial charge in [-0.15, -0.1) is 5.10 Å². The highest BCUT2D eigenvalue weighted by molar-refractivity contribution is 7.93. The Morgan fingerprint density at radius 1 is 1.26 bits per heavy atom. The number of aromatic nitrogens is 2. The quantitative estimate of drug-likeness (QED) is 0.312. The maximum atomic E-state index is 14.1. The smallest absolute Gasteiger partial charge is 0.310 e. The Kier molecular flexibility index (Phi) is 9.42. The first-order chi connectivity index (χ1) is 17.8. The van der Waals surface area contributed by atoms with Gasteiger partial charge in [0.15, 0.2) is 4.90 Å². The first-order valence-electron chi connectivity index (χ1n) is 12.7. The van der Waals surface area contributed by atoms with E-state index in [1.54, 1.807) is 39.0 Å². The number of Topliss-reactive ketones (excluding diaryl/α,β-unsaturated/α-hetero) is 1. The molecule has 2 aromatic rings. The number of fused-ring (bicyclic) bond motifs is 1. The van der Waals surface area contributed by atoms with Gasteiger partial charge in [-0.05, 0) is 58.7 Å². The number of benzene rings is 1. The minimum atomic E-state index is -4.20. The Balaban J connectivity index is 2.02. The van der Waals surface area contributed by atoms with Gasteiger partial charge in [-0.1, -0.05) is 6.07 Å². The zero-order valence-corrected chi connectivity index (χ0v) is 23.4. The summed E-state index contributed by atoms with van der Waals surface area (Å²) in [4.78, 5) is 23.9. The molecular weight excluding hydrogens is 514 g/mol. The van der Waals surface area contributed by atoms with Crippen molar-refractivity contribution in [1.29, 1.82) is 0 Å². The number of nitrogens with zero attached hydrogens (tertiary/aromatic N) is 3. The normalized spacial score (nSPS) is 15.5. The number of ketones is 1. The van der Waals surface area contributed by atoms with Crippen LogP contribution in [0.5, 0.6) is 11.6 Å². The number of carbonyl (C=O) groups excluding carboxylic acids is 2. The minimum absolute atomic E-state index is 0.0229. The SMILES string of the molecule is CCn1cc(S(=O)(=O)N2C[C@H](CCC(C)=O)Oc3ccc(CC(=O)OC(C)(C)C)cc32)c(OCCCO)n1. The molecule has 0 aliphatic carbocycles. The number of carbonyl (C=O) groups is 2. The first kappa shape index (κ1) is 29.4. The number of aryl methyl sites for hydroxylation is 1. The molecule has 0 fully saturated rings. The van der Waals surface area contributed by atoms with Gasteiger partial charge < -0.3 is 24.1 Å². The van der Waals surface area contributed by atoms with E-state index in [4.69, 9.17) is 19.3 Å². The van der Waals surface area contributed by atoms with Crippen LogP contribution in [0.25, 0.3) is 0 Å². The van der Waals surface area contributed by atoms with Crippen LogP contribution >= 0.6 is 0 Å². The number of esters is 1. The molecule has 12 heteroatoms. The van der Waals surface area contributed by atoms with Crippen LogP contribution in [0.4, 0.5) is 5.69 Å². The van der Waals surface area contributed by atoms with E-state index < -0.39 is 27.7 Å². The first-order valence-corrected chi connectivity index (χ1v) is 14.1. The molecule has 0 spiro atoms. The summed E-state index contributed by atoms with van der Waals surface area (Å²) >= 11 is 0. The molecule has 0 saturated carbocycles. The number of hydrogen-bond acceptors (Lipinski definition) is 9. The van der Waals surface area contributed by atoms with Gasteiger partial charge in [0.1, 0.15) is 23.2 Å². The van der Waals surface area contributed by atoms with Gasteiger partial charge in [-0.25, -0.2) is 8.42 Å². The van der Waals surface area contributed by atoms with Crippen LogP contribution in [0.2, 0.25) is 0 Å². The number of rotatable bonds is 12. The number of aliphatic hydroxyl groups is 1. The number of ether oxygens (including phenoxy) is 3. The summed E-state index contributed by atoms with van der Waals surface area (Å²) in [7, 11) is -4.20. The van der Waals surface area contributed by atoms with E-state index >= 15 is 0 Å². The van der Waals surface area contributed by atoms with Crippen molar-refractivity contribution in [1.82, 2.24) is 9.78 Å². The molecule has 210 valence electrons. The highest BCUT2D eigenvalue weighted by atomic mass is 32.2. The lowest BCUT2D eigenvalue weighted by molar-refractivity contribution is -0.153. The molecule has 1 aromatic carbocycles. The predicted molar refractivity (Wildman–Crippen MR) is 140 cm³/mol. The molecule has 1 aliphatic heterocycles. The van der Waals surface area contributed by atoms with Crippen molar-refractivity contribution in [2.24, 2.45) is 0 Å². The van der Waals surface area contributed by atoms with Crippen molar-refractivity contribution in [2.75, 3.05) is 24.1 Å². The van der Waals surface area contributed by atoms with Crippen molar-refractivity contribution >= 4 is 27.5 Å². The lowest BCUT2D eigenvalue weighted by atomic mass is 10.1. The zero-order valence-electron chi connectivity index (χ0n) is 22.6. The van der Waals surface area contributed by atoms with Crippen LogP contribution in [-0.2, 0) is 37.3 Å². The fourth-order valence-electron chi connectivity index (χ4n) is 3.93. The average molecular weight is 552 g/mol. The maximum Gasteiger partial charge on any atom is 0.310 e. The van der Waals surface area contributed by atoms with E-state index in [2.05, 4.69) is 5.10 Å². The van der Waals surface area contributed by atoms with Gasteiger partial charge in [0.05, 0.1) is 25.3 Å². The van der Waals surface area contributed by atoms with Crippen molar-refractivity contribution in [2.45, 2.75) is 83.4 Å². The molecule has 1 aromatic heterocycles. The molecule has 1 aliphatic rings. The molecule has 2 heterocycles. The summed E-state index contributed by atoms with van der Waals surface area (Å²) in [5, 5.41) is 13.4. The summed E-state index contributed by atoms with van der Waals surface area (Å²) in [6.07, 6.45) is 1.71. The van der Waals surface area contributed by atoms with Crippen molar-refractivity contribution in [3.63, 3.8) is 0 Å². The summed E-state index contributed by atoms with van der Waals surface area (Å²) in [6, 6.07) is 4.93. The van der Waals surface area contributed by atoms with Gasteiger partial charge in [-0.2, -0.15) is 0 Å². The molecule has 0 amide bonds. The Bertz CT molecular complexity index is 1250. The van der Waals surface area contributed by atoms with E-state index in [1.165, 1.54) is 22.1 Å². The average Bonchev–Trinajstić information content (AvgIpc) is 3.25. The zero-order chi connectivity index (χ0) is 28.1. The Morgan fingerprint density at radius 2 is 2.00 bits per heavy atom. The number of aliphatic hydroxyl groups excluding tert-OH is 1. The van der Waals surface area contributed by atoms with Crippen LogP contribution in [-0.4, -0.2) is 66.5 Å². The largest absolute Gasteiger partial charge is 0.486 e. The van der Waals surface area contributed by atoms with Crippen LogP contribution < -0.4 is 13.8 Å². The van der Waals surface area contributed by atoms with E-state index in [1.807, 2.05) is 6.92 Å². The summed E-state index contributed by atoms with van der Waals surface area (Å²) < 4.78 is 47.9. The van der Waals surface area contributed by atoms with Gasteiger partial charge in [0.25, 0.3) is 15.9 Å². The highest BCUT2D eigenvalue weighted by Gasteiger charge is 2.38. The molecular formula is C26H37N3O8S. The van der Waals surface area contributed by atoms with Crippen LogP contribution in [0.15, 0.2) is 29.3 Å². The van der Waals surface area contributed by atoms with Crippen molar-refractivity contribution in [3.8, 4) is 11.6 Å². The van der Waals surface area contributed by atoms with E-state index in [0.717, 1.165) is 0 Å².